The lowest BCUT2D eigenvalue weighted by Gasteiger charge is -2.09. The van der Waals surface area contributed by atoms with E-state index in [9.17, 15) is 9.90 Å². The van der Waals surface area contributed by atoms with Crippen molar-refractivity contribution in [3.05, 3.63) is 88.9 Å². The van der Waals surface area contributed by atoms with E-state index in [0.29, 0.717) is 24.5 Å². The Kier molecular flexibility index (Phi) is 6.54. The van der Waals surface area contributed by atoms with Gasteiger partial charge in [-0.1, -0.05) is 18.2 Å². The van der Waals surface area contributed by atoms with Crippen LogP contribution in [-0.2, 0) is 17.8 Å². The number of furan rings is 1. The number of ether oxygens (including phenoxy) is 2. The molecule has 4 rings (SSSR count). The monoisotopic (exact) mass is 445 g/mol. The van der Waals surface area contributed by atoms with Crippen molar-refractivity contribution in [1.82, 2.24) is 5.32 Å². The van der Waals surface area contributed by atoms with Gasteiger partial charge in [0.05, 0.1) is 33.4 Å². The summed E-state index contributed by atoms with van der Waals surface area (Å²) < 4.78 is 16.0. The van der Waals surface area contributed by atoms with E-state index in [4.69, 9.17) is 13.9 Å². The number of allylic oxidation sites excluding steroid dienone is 3. The van der Waals surface area contributed by atoms with Crippen molar-refractivity contribution in [3.8, 4) is 17.2 Å². The van der Waals surface area contributed by atoms with E-state index in [-0.39, 0.29) is 18.1 Å². The van der Waals surface area contributed by atoms with Gasteiger partial charge in [-0.3, -0.25) is 4.79 Å². The largest absolute Gasteiger partial charge is 0.504 e. The van der Waals surface area contributed by atoms with E-state index in [2.05, 4.69) is 11.4 Å². The minimum Gasteiger partial charge on any atom is -0.504 e. The molecule has 0 radical (unpaired) electrons. The summed E-state index contributed by atoms with van der Waals surface area (Å²) >= 11 is 0. The summed E-state index contributed by atoms with van der Waals surface area (Å²) in [4.78, 5) is 12.7. The second-order valence-electron chi connectivity index (χ2n) is 7.88. The van der Waals surface area contributed by atoms with Gasteiger partial charge in [-0.2, -0.15) is 0 Å². The molecule has 1 aliphatic rings. The molecule has 33 heavy (non-hydrogen) atoms. The molecule has 3 aromatic rings. The summed E-state index contributed by atoms with van der Waals surface area (Å²) in [5.41, 5.74) is 6.24. The highest BCUT2D eigenvalue weighted by molar-refractivity contribution is 6.04. The van der Waals surface area contributed by atoms with Crippen molar-refractivity contribution in [1.29, 1.82) is 0 Å². The number of benzene rings is 2. The third-order valence-corrected chi connectivity index (χ3v) is 5.86. The van der Waals surface area contributed by atoms with Gasteiger partial charge in [0.1, 0.15) is 11.5 Å². The molecule has 1 aromatic heterocycles. The number of hydrogen-bond donors (Lipinski definition) is 2. The van der Waals surface area contributed by atoms with Crippen LogP contribution in [0.4, 0.5) is 0 Å². The summed E-state index contributed by atoms with van der Waals surface area (Å²) in [7, 11) is 3.17. The molecule has 0 atom stereocenters. The fourth-order valence-electron chi connectivity index (χ4n) is 4.08. The third kappa shape index (κ3) is 4.80. The minimum absolute atomic E-state index is 0.0703. The lowest BCUT2D eigenvalue weighted by molar-refractivity contribution is -0.120. The molecule has 0 fully saturated rings. The molecule has 0 spiro atoms. The molecule has 170 valence electrons. The first-order valence-corrected chi connectivity index (χ1v) is 10.7. The first-order chi connectivity index (χ1) is 16.0. The zero-order valence-electron chi connectivity index (χ0n) is 19.0. The van der Waals surface area contributed by atoms with Crippen LogP contribution in [-0.4, -0.2) is 25.2 Å². The minimum atomic E-state index is -0.0703. The number of aromatic hydroxyl groups is 1. The van der Waals surface area contributed by atoms with E-state index in [1.165, 1.54) is 7.11 Å². The molecule has 0 unspecified atom stereocenters. The van der Waals surface area contributed by atoms with Gasteiger partial charge in [-0.05, 0) is 83.2 Å². The van der Waals surface area contributed by atoms with Gasteiger partial charge < -0.3 is 24.3 Å². The number of amides is 1. The maximum absolute atomic E-state index is 12.7. The normalized spacial score (nSPS) is 13.8. The molecular weight excluding hydrogens is 418 g/mol. The smallest absolute Gasteiger partial charge is 0.224 e. The molecule has 1 amide bonds. The van der Waals surface area contributed by atoms with E-state index in [1.54, 1.807) is 25.5 Å². The van der Waals surface area contributed by atoms with Crippen LogP contribution in [0.15, 0.2) is 70.9 Å². The highest BCUT2D eigenvalue weighted by Gasteiger charge is 2.25. The summed E-state index contributed by atoms with van der Waals surface area (Å²) in [6, 6.07) is 14.9. The van der Waals surface area contributed by atoms with Crippen molar-refractivity contribution in [2.24, 2.45) is 0 Å². The zero-order chi connectivity index (χ0) is 23.4. The average Bonchev–Trinajstić information content (AvgIpc) is 3.44. The van der Waals surface area contributed by atoms with Crippen LogP contribution < -0.4 is 14.8 Å². The van der Waals surface area contributed by atoms with Crippen molar-refractivity contribution in [2.45, 2.75) is 26.3 Å². The number of carbonyl (C=O) groups excluding carboxylic acids is 1. The topological polar surface area (TPSA) is 80.9 Å². The molecule has 0 saturated carbocycles. The standard InChI is InChI=1S/C27H27NO5/c1-17-21(9-6-18-7-11-25(29)26(13-18)32-3)22-10-8-19(31-2)14-24(22)23(17)15-27(30)28-16-20-5-4-12-33-20/h4-5,7-14,29H,6,15-16H2,1-3H3,(H,28,30)/b21-9-. The average molecular weight is 446 g/mol. The predicted molar refractivity (Wildman–Crippen MR) is 127 cm³/mol. The molecule has 2 aromatic carbocycles. The summed E-state index contributed by atoms with van der Waals surface area (Å²) in [6.45, 7) is 2.40. The quantitative estimate of drug-likeness (QED) is 0.503. The summed E-state index contributed by atoms with van der Waals surface area (Å²) in [6.07, 6.45) is 4.67. The SMILES string of the molecule is COc1ccc2c(c1)C(CC(=O)NCc1ccco1)=C(C)/C2=C/Cc1ccc(O)c(OC)c1. The number of carbonyl (C=O) groups is 1. The first-order valence-electron chi connectivity index (χ1n) is 10.7. The Hall–Kier alpha value is -3.93. The number of methoxy groups -OCH3 is 2. The molecule has 1 aliphatic carbocycles. The molecule has 6 heteroatoms. The summed E-state index contributed by atoms with van der Waals surface area (Å²) in [5.74, 6) is 1.96. The van der Waals surface area contributed by atoms with Crippen LogP contribution in [0, 0.1) is 0 Å². The second kappa shape index (κ2) is 9.69. The van der Waals surface area contributed by atoms with Crippen LogP contribution in [0.1, 0.15) is 35.8 Å². The van der Waals surface area contributed by atoms with Gasteiger partial charge in [0.2, 0.25) is 5.91 Å². The third-order valence-electron chi connectivity index (χ3n) is 5.86. The Morgan fingerprint density at radius 1 is 1.09 bits per heavy atom. The number of nitrogens with one attached hydrogen (secondary N) is 1. The highest BCUT2D eigenvalue weighted by Crippen LogP contribution is 2.44. The van der Waals surface area contributed by atoms with Crippen molar-refractivity contribution in [2.75, 3.05) is 14.2 Å². The second-order valence-corrected chi connectivity index (χ2v) is 7.88. The van der Waals surface area contributed by atoms with Gasteiger partial charge >= 0.3 is 0 Å². The molecule has 0 bridgehead atoms. The Morgan fingerprint density at radius 3 is 2.67 bits per heavy atom. The number of phenols is 1. The highest BCUT2D eigenvalue weighted by atomic mass is 16.5. The van der Waals surface area contributed by atoms with E-state index < -0.39 is 0 Å². The first kappa shape index (κ1) is 22.3. The number of rotatable bonds is 8. The van der Waals surface area contributed by atoms with Crippen LogP contribution in [0.2, 0.25) is 0 Å². The Balaban J connectivity index is 1.61. The van der Waals surface area contributed by atoms with Gasteiger partial charge in [-0.25, -0.2) is 0 Å². The van der Waals surface area contributed by atoms with E-state index in [1.807, 2.05) is 43.3 Å². The maximum atomic E-state index is 12.7. The number of fused-ring (bicyclic) bond motifs is 1. The van der Waals surface area contributed by atoms with Crippen molar-refractivity contribution < 1.29 is 23.8 Å². The van der Waals surface area contributed by atoms with Gasteiger partial charge in [0.15, 0.2) is 11.5 Å². The molecule has 1 heterocycles. The molecule has 2 N–H and O–H groups in total. The lowest BCUT2D eigenvalue weighted by atomic mass is 10.00. The molecular formula is C27H27NO5. The Morgan fingerprint density at radius 2 is 1.94 bits per heavy atom. The van der Waals surface area contributed by atoms with E-state index >= 15 is 0 Å². The van der Waals surface area contributed by atoms with Gasteiger partial charge in [0.25, 0.3) is 0 Å². The van der Waals surface area contributed by atoms with Gasteiger partial charge in [-0.15, -0.1) is 0 Å². The maximum Gasteiger partial charge on any atom is 0.224 e. The fourth-order valence-corrected chi connectivity index (χ4v) is 4.08. The summed E-state index contributed by atoms with van der Waals surface area (Å²) in [5, 5.41) is 12.8. The van der Waals surface area contributed by atoms with Crippen LogP contribution >= 0.6 is 0 Å². The van der Waals surface area contributed by atoms with Crippen LogP contribution in [0.25, 0.3) is 11.1 Å². The van der Waals surface area contributed by atoms with Crippen LogP contribution in [0.3, 0.4) is 0 Å². The lowest BCUT2D eigenvalue weighted by Crippen LogP contribution is -2.22. The molecule has 0 aliphatic heterocycles. The van der Waals surface area contributed by atoms with Crippen molar-refractivity contribution in [3.63, 3.8) is 0 Å². The Labute approximate surface area is 193 Å². The van der Waals surface area contributed by atoms with Crippen LogP contribution in [0.5, 0.6) is 17.2 Å². The molecule has 6 nitrogen and oxygen atoms in total. The predicted octanol–water partition coefficient (Wildman–Crippen LogP) is 5.12. The fraction of sp³-hybridized carbons (Fsp3) is 0.222. The van der Waals surface area contributed by atoms with Gasteiger partial charge in [0, 0.05) is 0 Å². The van der Waals surface area contributed by atoms with Crippen molar-refractivity contribution >= 4 is 17.1 Å². The molecule has 0 saturated heterocycles. The zero-order valence-corrected chi connectivity index (χ0v) is 19.0. The Bertz CT molecular complexity index is 1220. The number of hydrogen-bond acceptors (Lipinski definition) is 5. The number of phenolic OH excluding ortho intramolecular Hbond substituents is 1. The van der Waals surface area contributed by atoms with E-state index in [0.717, 1.165) is 39.2 Å².